The number of likely N-dealkylation sites (tertiary alicyclic amines) is 1. The monoisotopic (exact) mass is 235 g/mol. The third kappa shape index (κ3) is 2.82. The van der Waals surface area contributed by atoms with E-state index in [-0.39, 0.29) is 0 Å². The lowest BCUT2D eigenvalue weighted by Gasteiger charge is -2.27. The van der Waals surface area contributed by atoms with E-state index >= 15 is 0 Å². The fourth-order valence-corrected chi connectivity index (χ4v) is 2.45. The van der Waals surface area contributed by atoms with Crippen LogP contribution in [0.25, 0.3) is 0 Å². The van der Waals surface area contributed by atoms with Crippen LogP contribution in [0.2, 0.25) is 0 Å². The smallest absolute Gasteiger partial charge is 0.109 e. The molecule has 0 radical (unpaired) electrons. The van der Waals surface area contributed by atoms with Crippen molar-refractivity contribution in [1.29, 1.82) is 0 Å². The molecule has 2 heterocycles. The molecule has 1 N–H and O–H groups in total. The van der Waals surface area contributed by atoms with Crippen LogP contribution in [0.4, 0.5) is 0 Å². The maximum absolute atomic E-state index is 10.7. The molecule has 94 valence electrons. The van der Waals surface area contributed by atoms with E-state index in [1.165, 1.54) is 0 Å². The van der Waals surface area contributed by atoms with Crippen LogP contribution < -0.4 is 0 Å². The molecule has 1 aliphatic rings. The van der Waals surface area contributed by atoms with Crippen LogP contribution in [0.1, 0.15) is 38.8 Å². The van der Waals surface area contributed by atoms with Gasteiger partial charge in [0.25, 0.3) is 0 Å². The lowest BCUT2D eigenvalue weighted by atomic mass is 9.91. The van der Waals surface area contributed by atoms with Crippen LogP contribution in [0, 0.1) is 0 Å². The zero-order chi connectivity index (χ0) is 12.3. The van der Waals surface area contributed by atoms with Gasteiger partial charge in [-0.1, -0.05) is 0 Å². The van der Waals surface area contributed by atoms with Gasteiger partial charge in [-0.2, -0.15) is 0 Å². The molecule has 1 aromatic rings. The van der Waals surface area contributed by atoms with Gasteiger partial charge in [0.1, 0.15) is 5.60 Å². The SMILES string of the molecule is CC(C)N1CCCC(O)(c2cnccn2)CC1. The molecule has 2 rings (SSSR count). The molecule has 0 aromatic carbocycles. The minimum Gasteiger partial charge on any atom is -0.383 e. The zero-order valence-electron chi connectivity index (χ0n) is 10.6. The van der Waals surface area contributed by atoms with E-state index in [1.807, 2.05) is 0 Å². The van der Waals surface area contributed by atoms with Gasteiger partial charge in [0.05, 0.1) is 11.9 Å². The molecular weight excluding hydrogens is 214 g/mol. The van der Waals surface area contributed by atoms with Gasteiger partial charge >= 0.3 is 0 Å². The maximum Gasteiger partial charge on any atom is 0.109 e. The summed E-state index contributed by atoms with van der Waals surface area (Å²) in [4.78, 5) is 10.7. The van der Waals surface area contributed by atoms with Gasteiger partial charge in [-0.25, -0.2) is 0 Å². The number of hydrogen-bond donors (Lipinski definition) is 1. The topological polar surface area (TPSA) is 49.2 Å². The first-order valence-corrected chi connectivity index (χ1v) is 6.35. The molecular formula is C13H21N3O. The molecule has 0 saturated carbocycles. The van der Waals surface area contributed by atoms with Crippen LogP contribution in [0.15, 0.2) is 18.6 Å². The van der Waals surface area contributed by atoms with E-state index in [2.05, 4.69) is 28.7 Å². The third-order valence-corrected chi connectivity index (χ3v) is 3.62. The summed E-state index contributed by atoms with van der Waals surface area (Å²) in [5.41, 5.74) is -0.0802. The average Bonchev–Trinajstić information content (AvgIpc) is 2.54. The van der Waals surface area contributed by atoms with Gasteiger partial charge in [0, 0.05) is 25.0 Å². The summed E-state index contributed by atoms with van der Waals surface area (Å²) in [6, 6.07) is 0.541. The number of aliphatic hydroxyl groups is 1. The lowest BCUT2D eigenvalue weighted by Crippen LogP contribution is -2.33. The van der Waals surface area contributed by atoms with Crippen molar-refractivity contribution < 1.29 is 5.11 Å². The van der Waals surface area contributed by atoms with Gasteiger partial charge in [0.2, 0.25) is 0 Å². The molecule has 0 bridgehead atoms. The molecule has 1 unspecified atom stereocenters. The molecule has 1 aliphatic heterocycles. The Bertz CT molecular complexity index is 355. The van der Waals surface area contributed by atoms with Crippen molar-refractivity contribution in [3.8, 4) is 0 Å². The van der Waals surface area contributed by atoms with Crippen LogP contribution in [-0.4, -0.2) is 39.1 Å². The Kier molecular flexibility index (Phi) is 3.74. The molecule has 0 spiro atoms. The highest BCUT2D eigenvalue weighted by atomic mass is 16.3. The Hall–Kier alpha value is -1.00. The Morgan fingerprint density at radius 2 is 2.12 bits per heavy atom. The first-order chi connectivity index (χ1) is 8.12. The van der Waals surface area contributed by atoms with Crippen molar-refractivity contribution in [1.82, 2.24) is 14.9 Å². The second-order valence-corrected chi connectivity index (χ2v) is 5.11. The molecule has 0 amide bonds. The standard InChI is InChI=1S/C13H21N3O/c1-11(2)16-8-3-4-13(17,5-9-16)12-10-14-6-7-15-12/h6-7,10-11,17H,3-5,8-9H2,1-2H3. The van der Waals surface area contributed by atoms with Crippen LogP contribution in [-0.2, 0) is 5.60 Å². The minimum absolute atomic E-state index is 0.541. The Balaban J connectivity index is 2.12. The normalized spacial score (nSPS) is 27.1. The predicted molar refractivity (Wildman–Crippen MR) is 66.5 cm³/mol. The fourth-order valence-electron chi connectivity index (χ4n) is 2.45. The number of aromatic nitrogens is 2. The summed E-state index contributed by atoms with van der Waals surface area (Å²) >= 11 is 0. The molecule has 1 atom stereocenters. The van der Waals surface area contributed by atoms with E-state index in [0.29, 0.717) is 11.7 Å². The van der Waals surface area contributed by atoms with Crippen molar-refractivity contribution in [3.05, 3.63) is 24.3 Å². The fraction of sp³-hybridized carbons (Fsp3) is 0.692. The lowest BCUT2D eigenvalue weighted by molar-refractivity contribution is 0.0158. The predicted octanol–water partition coefficient (Wildman–Crippen LogP) is 1.56. The largest absolute Gasteiger partial charge is 0.383 e. The van der Waals surface area contributed by atoms with Crippen molar-refractivity contribution in [2.24, 2.45) is 0 Å². The van der Waals surface area contributed by atoms with Crippen molar-refractivity contribution in [2.75, 3.05) is 13.1 Å². The Labute approximate surface area is 103 Å². The van der Waals surface area contributed by atoms with E-state index in [4.69, 9.17) is 0 Å². The van der Waals surface area contributed by atoms with Gasteiger partial charge in [-0.15, -0.1) is 0 Å². The van der Waals surface area contributed by atoms with Gasteiger partial charge in [-0.05, 0) is 39.7 Å². The first kappa shape index (κ1) is 12.5. The molecule has 1 saturated heterocycles. The first-order valence-electron chi connectivity index (χ1n) is 6.35. The van der Waals surface area contributed by atoms with Gasteiger partial charge in [-0.3, -0.25) is 9.97 Å². The van der Waals surface area contributed by atoms with Gasteiger partial charge < -0.3 is 10.0 Å². The van der Waals surface area contributed by atoms with Crippen LogP contribution >= 0.6 is 0 Å². The van der Waals surface area contributed by atoms with Gasteiger partial charge in [0.15, 0.2) is 0 Å². The van der Waals surface area contributed by atoms with Crippen molar-refractivity contribution >= 4 is 0 Å². The third-order valence-electron chi connectivity index (χ3n) is 3.62. The molecule has 4 heteroatoms. The number of hydrogen-bond acceptors (Lipinski definition) is 4. The quantitative estimate of drug-likeness (QED) is 0.845. The van der Waals surface area contributed by atoms with Crippen LogP contribution in [0.5, 0.6) is 0 Å². The van der Waals surface area contributed by atoms with Crippen molar-refractivity contribution in [2.45, 2.75) is 44.8 Å². The molecule has 1 aromatic heterocycles. The van der Waals surface area contributed by atoms with E-state index in [1.54, 1.807) is 18.6 Å². The van der Waals surface area contributed by atoms with E-state index in [9.17, 15) is 5.11 Å². The molecule has 4 nitrogen and oxygen atoms in total. The summed E-state index contributed by atoms with van der Waals surface area (Å²) in [5.74, 6) is 0. The van der Waals surface area contributed by atoms with E-state index in [0.717, 1.165) is 32.4 Å². The van der Waals surface area contributed by atoms with E-state index < -0.39 is 5.60 Å². The Morgan fingerprint density at radius 1 is 1.29 bits per heavy atom. The summed E-state index contributed by atoms with van der Waals surface area (Å²) in [5, 5.41) is 10.7. The van der Waals surface area contributed by atoms with Crippen molar-refractivity contribution in [3.63, 3.8) is 0 Å². The summed E-state index contributed by atoms with van der Waals surface area (Å²) in [6.07, 6.45) is 7.50. The average molecular weight is 235 g/mol. The zero-order valence-corrected chi connectivity index (χ0v) is 10.6. The summed E-state index contributed by atoms with van der Waals surface area (Å²) in [6.45, 7) is 6.38. The molecule has 17 heavy (non-hydrogen) atoms. The summed E-state index contributed by atoms with van der Waals surface area (Å²) < 4.78 is 0. The highest BCUT2D eigenvalue weighted by molar-refractivity contribution is 5.08. The van der Waals surface area contributed by atoms with Crippen LogP contribution in [0.3, 0.4) is 0 Å². The molecule has 0 aliphatic carbocycles. The summed E-state index contributed by atoms with van der Waals surface area (Å²) in [7, 11) is 0. The number of rotatable bonds is 2. The maximum atomic E-state index is 10.7. The second kappa shape index (κ2) is 5.10. The highest BCUT2D eigenvalue weighted by Gasteiger charge is 2.33. The number of nitrogens with zero attached hydrogens (tertiary/aromatic N) is 3. The minimum atomic E-state index is -0.794. The molecule has 1 fully saturated rings. The second-order valence-electron chi connectivity index (χ2n) is 5.11. The Morgan fingerprint density at radius 3 is 2.76 bits per heavy atom. The highest BCUT2D eigenvalue weighted by Crippen LogP contribution is 2.31.